The van der Waals surface area contributed by atoms with Crippen LogP contribution in [0.3, 0.4) is 0 Å². The highest BCUT2D eigenvalue weighted by molar-refractivity contribution is 7.90. The van der Waals surface area contributed by atoms with E-state index in [0.29, 0.717) is 46.4 Å². The Morgan fingerprint density at radius 1 is 0.972 bits per heavy atom. The third kappa shape index (κ3) is 3.74. The molecular weight excluding hydrogens is 522 g/mol. The van der Waals surface area contributed by atoms with Crippen LogP contribution in [0.2, 0.25) is 10.0 Å². The summed E-state index contributed by atoms with van der Waals surface area (Å²) in [7, 11) is -3.94. The summed E-state index contributed by atoms with van der Waals surface area (Å²) in [4.78, 5) is 4.52. The highest BCUT2D eigenvalue weighted by Gasteiger charge is 2.53. The summed E-state index contributed by atoms with van der Waals surface area (Å²) in [6.45, 7) is 3.79. The number of fused-ring (bicyclic) bond motifs is 1. The summed E-state index contributed by atoms with van der Waals surface area (Å²) in [5.74, 6) is 0.193. The van der Waals surface area contributed by atoms with Crippen molar-refractivity contribution >= 4 is 55.6 Å². The lowest BCUT2D eigenvalue weighted by Gasteiger charge is -2.43. The van der Waals surface area contributed by atoms with Gasteiger partial charge in [0.1, 0.15) is 5.82 Å². The molecule has 1 aliphatic heterocycles. The molecule has 0 bridgehead atoms. The average Bonchev–Trinajstić information content (AvgIpc) is 3.47. The van der Waals surface area contributed by atoms with Crippen molar-refractivity contribution in [2.45, 2.75) is 30.2 Å². The van der Waals surface area contributed by atoms with Gasteiger partial charge >= 0.3 is 0 Å². The minimum Gasteiger partial charge on any atom is -0.366 e. The van der Waals surface area contributed by atoms with Crippen molar-refractivity contribution in [3.05, 3.63) is 82.1 Å². The van der Waals surface area contributed by atoms with Gasteiger partial charge in [0.2, 0.25) is 0 Å². The van der Waals surface area contributed by atoms with Crippen LogP contribution in [0, 0.1) is 12.7 Å². The molecule has 0 unspecified atom stereocenters. The van der Waals surface area contributed by atoms with E-state index in [9.17, 15) is 12.8 Å². The highest BCUT2D eigenvalue weighted by Crippen LogP contribution is 2.49. The minimum atomic E-state index is -3.94. The smallest absolute Gasteiger partial charge is 0.283 e. The Morgan fingerprint density at radius 3 is 2.42 bits per heavy atom. The number of aromatic nitrogens is 2. The lowest BCUT2D eigenvalue weighted by molar-refractivity contribution is 0.504. The molecule has 2 aliphatic rings. The number of anilines is 2. The molecule has 3 aromatic carbocycles. The van der Waals surface area contributed by atoms with Gasteiger partial charge in [-0.3, -0.25) is 0 Å². The maximum Gasteiger partial charge on any atom is 0.283 e. The molecule has 186 valence electrons. The van der Waals surface area contributed by atoms with Crippen molar-refractivity contribution in [3.63, 3.8) is 0 Å². The Bertz CT molecular complexity index is 1600. The van der Waals surface area contributed by atoms with Crippen LogP contribution < -0.4 is 9.80 Å². The van der Waals surface area contributed by atoms with Crippen LogP contribution in [0.1, 0.15) is 18.4 Å². The zero-order chi connectivity index (χ0) is 25.2. The third-order valence-corrected chi connectivity index (χ3v) is 9.36. The number of piperazine rings is 1. The lowest BCUT2D eigenvalue weighted by atomic mass is 10.1. The largest absolute Gasteiger partial charge is 0.366 e. The Morgan fingerprint density at radius 2 is 1.72 bits per heavy atom. The van der Waals surface area contributed by atoms with Gasteiger partial charge in [0.15, 0.2) is 5.82 Å². The number of hydrogen-bond donors (Lipinski definition) is 0. The average molecular weight is 545 g/mol. The quantitative estimate of drug-likeness (QED) is 0.320. The predicted molar refractivity (Wildman–Crippen MR) is 141 cm³/mol. The second kappa shape index (κ2) is 8.36. The first-order valence-corrected chi connectivity index (χ1v) is 13.9. The van der Waals surface area contributed by atoms with Gasteiger partial charge in [0.05, 0.1) is 37.1 Å². The number of hydrogen-bond acceptors (Lipinski definition) is 5. The molecule has 1 saturated carbocycles. The second-order valence-electron chi connectivity index (χ2n) is 9.51. The molecule has 0 radical (unpaired) electrons. The fourth-order valence-corrected chi connectivity index (χ4v) is 6.91. The summed E-state index contributed by atoms with van der Waals surface area (Å²) in [6.07, 6.45) is 1.84. The molecule has 4 aromatic rings. The van der Waals surface area contributed by atoms with Crippen LogP contribution >= 0.6 is 23.2 Å². The van der Waals surface area contributed by atoms with E-state index in [1.54, 1.807) is 48.5 Å². The fraction of sp³-hybridized carbons (Fsp3) is 0.269. The van der Waals surface area contributed by atoms with Crippen LogP contribution in [-0.4, -0.2) is 42.8 Å². The highest BCUT2D eigenvalue weighted by atomic mass is 35.5. The van der Waals surface area contributed by atoms with Crippen LogP contribution in [0.15, 0.2) is 65.6 Å². The molecule has 0 atom stereocenters. The molecule has 6 rings (SSSR count). The van der Waals surface area contributed by atoms with Gasteiger partial charge in [-0.2, -0.15) is 12.5 Å². The monoisotopic (exact) mass is 544 g/mol. The van der Waals surface area contributed by atoms with Gasteiger partial charge in [0.25, 0.3) is 10.0 Å². The Kier molecular flexibility index (Phi) is 5.48. The molecule has 0 amide bonds. The van der Waals surface area contributed by atoms with Crippen LogP contribution in [0.25, 0.3) is 10.9 Å². The number of aryl methyl sites for hydroxylation is 1. The lowest BCUT2D eigenvalue weighted by Crippen LogP contribution is -2.55. The normalized spacial score (nSPS) is 17.2. The maximum absolute atomic E-state index is 13.6. The number of nitrogens with zero attached hydrogens (tertiary/aromatic N) is 4. The van der Waals surface area contributed by atoms with Crippen LogP contribution in [0.5, 0.6) is 0 Å². The van der Waals surface area contributed by atoms with Gasteiger partial charge in [-0.05, 0) is 62.2 Å². The summed E-state index contributed by atoms with van der Waals surface area (Å²) in [5.41, 5.74) is 1.98. The first-order valence-electron chi connectivity index (χ1n) is 11.7. The molecule has 2 fully saturated rings. The zero-order valence-electron chi connectivity index (χ0n) is 19.5. The van der Waals surface area contributed by atoms with Crippen LogP contribution in [-0.2, 0) is 10.0 Å². The molecule has 10 heteroatoms. The van der Waals surface area contributed by atoms with Gasteiger partial charge < -0.3 is 9.80 Å². The SMILES string of the molecule is Cc1ccc(S(=O)(=O)n2nc(N3CCN(c4ccc(F)cc4Cl)CC34CC4)c3c(Cl)cccc32)cc1. The molecule has 2 heterocycles. The first kappa shape index (κ1) is 23.6. The van der Waals surface area contributed by atoms with Crippen molar-refractivity contribution < 1.29 is 12.8 Å². The van der Waals surface area contributed by atoms with Crippen molar-refractivity contribution in [2.24, 2.45) is 0 Å². The Balaban J connectivity index is 1.43. The van der Waals surface area contributed by atoms with Crippen LogP contribution in [0.4, 0.5) is 15.9 Å². The van der Waals surface area contributed by atoms with E-state index < -0.39 is 10.0 Å². The maximum atomic E-state index is 13.6. The number of rotatable bonds is 4. The fourth-order valence-electron chi connectivity index (χ4n) is 5.09. The number of halogens is 3. The number of benzene rings is 3. The zero-order valence-corrected chi connectivity index (χ0v) is 21.8. The van der Waals surface area contributed by atoms with E-state index in [1.807, 2.05) is 6.92 Å². The molecule has 6 nitrogen and oxygen atoms in total. The molecule has 36 heavy (non-hydrogen) atoms. The standard InChI is InChI=1S/C26H23Cl2FN4O2S/c1-17-5-8-19(9-6-17)36(34,35)33-23-4-2-3-20(27)24(23)25(30-33)32-14-13-31(16-26(32)11-12-26)22-10-7-18(29)15-21(22)28/h2-10,15H,11-14,16H2,1H3. The van der Waals surface area contributed by atoms with Crippen molar-refractivity contribution in [3.8, 4) is 0 Å². The third-order valence-electron chi connectivity index (χ3n) is 7.14. The second-order valence-corrected chi connectivity index (χ2v) is 12.1. The summed E-state index contributed by atoms with van der Waals surface area (Å²) < 4.78 is 42.0. The Labute approximate surface area is 218 Å². The molecule has 1 aromatic heterocycles. The van der Waals surface area contributed by atoms with E-state index in [0.717, 1.165) is 28.2 Å². The van der Waals surface area contributed by atoms with Crippen molar-refractivity contribution in [1.82, 2.24) is 9.19 Å². The van der Waals surface area contributed by atoms with E-state index in [4.69, 9.17) is 23.2 Å². The molecule has 0 N–H and O–H groups in total. The molecule has 1 aliphatic carbocycles. The Hall–Kier alpha value is -2.81. The van der Waals surface area contributed by atoms with Gasteiger partial charge in [0, 0.05) is 19.6 Å². The molecular formula is C26H23Cl2FN4O2S. The van der Waals surface area contributed by atoms with Gasteiger partial charge in [-0.25, -0.2) is 4.39 Å². The van der Waals surface area contributed by atoms with E-state index in [2.05, 4.69) is 14.9 Å². The predicted octanol–water partition coefficient (Wildman–Crippen LogP) is 5.89. The summed E-state index contributed by atoms with van der Waals surface area (Å²) >= 11 is 13.0. The van der Waals surface area contributed by atoms with Crippen molar-refractivity contribution in [1.29, 1.82) is 0 Å². The van der Waals surface area contributed by atoms with E-state index in [-0.39, 0.29) is 16.3 Å². The topological polar surface area (TPSA) is 58.4 Å². The van der Waals surface area contributed by atoms with Gasteiger partial charge in [-0.1, -0.05) is 47.0 Å². The molecule has 1 spiro atoms. The summed E-state index contributed by atoms with van der Waals surface area (Å²) in [6, 6.07) is 16.4. The molecule has 1 saturated heterocycles. The van der Waals surface area contributed by atoms with E-state index in [1.165, 1.54) is 12.1 Å². The van der Waals surface area contributed by atoms with E-state index >= 15 is 0 Å². The minimum absolute atomic E-state index is 0.168. The van der Waals surface area contributed by atoms with Gasteiger partial charge in [-0.15, -0.1) is 5.10 Å². The van der Waals surface area contributed by atoms with Crippen molar-refractivity contribution in [2.75, 3.05) is 29.4 Å². The summed E-state index contributed by atoms with van der Waals surface area (Å²) in [5, 5.41) is 6.13. The first-order chi connectivity index (χ1) is 17.2.